The van der Waals surface area contributed by atoms with Crippen LogP contribution < -0.4 is 10.6 Å². The van der Waals surface area contributed by atoms with Gasteiger partial charge in [-0.05, 0) is 18.2 Å². The maximum Gasteiger partial charge on any atom is 0.304 e. The highest BCUT2D eigenvalue weighted by molar-refractivity contribution is 5.92. The second-order valence-electron chi connectivity index (χ2n) is 3.56. The maximum atomic E-state index is 11.5. The lowest BCUT2D eigenvalue weighted by Gasteiger charge is -2.06. The fourth-order valence-electron chi connectivity index (χ4n) is 1.27. The Morgan fingerprint density at radius 2 is 2.17 bits per heavy atom. The van der Waals surface area contributed by atoms with Crippen molar-refractivity contribution in [3.05, 3.63) is 29.8 Å². The molecular formula is C12H13N3O3. The first-order valence-electron chi connectivity index (χ1n) is 5.34. The number of benzene rings is 1. The van der Waals surface area contributed by atoms with Gasteiger partial charge < -0.3 is 15.7 Å². The number of anilines is 1. The number of nitriles is 1. The molecule has 0 unspecified atom stereocenters. The number of carbonyl (C=O) groups excluding carboxylic acids is 1. The van der Waals surface area contributed by atoms with Crippen LogP contribution in [-0.2, 0) is 9.59 Å². The van der Waals surface area contributed by atoms with E-state index in [1.54, 1.807) is 24.3 Å². The van der Waals surface area contributed by atoms with E-state index in [1.807, 2.05) is 6.07 Å². The summed E-state index contributed by atoms with van der Waals surface area (Å²) in [5.74, 6) is -1.19. The van der Waals surface area contributed by atoms with Crippen LogP contribution in [0.5, 0.6) is 0 Å². The number of carboxylic acids is 1. The Kier molecular flexibility index (Phi) is 5.35. The van der Waals surface area contributed by atoms with Crippen molar-refractivity contribution < 1.29 is 14.7 Å². The van der Waals surface area contributed by atoms with E-state index >= 15 is 0 Å². The molecular weight excluding hydrogens is 234 g/mol. The highest BCUT2D eigenvalue weighted by Gasteiger charge is 2.03. The molecule has 0 aliphatic rings. The highest BCUT2D eigenvalue weighted by Crippen LogP contribution is 2.09. The third kappa shape index (κ3) is 5.09. The SMILES string of the molecule is N#Cc1cccc(NC(=O)CNCCC(=O)O)c1. The van der Waals surface area contributed by atoms with Crippen molar-refractivity contribution in [2.45, 2.75) is 6.42 Å². The number of hydrogen-bond donors (Lipinski definition) is 3. The molecule has 0 spiro atoms. The van der Waals surface area contributed by atoms with Crippen LogP contribution in [0.25, 0.3) is 0 Å². The molecule has 1 aromatic rings. The third-order valence-electron chi connectivity index (χ3n) is 2.08. The van der Waals surface area contributed by atoms with Crippen LogP contribution in [0.4, 0.5) is 5.69 Å². The molecule has 6 heteroatoms. The molecule has 94 valence electrons. The summed E-state index contributed by atoms with van der Waals surface area (Å²) in [6.45, 7) is 0.269. The smallest absolute Gasteiger partial charge is 0.304 e. The summed E-state index contributed by atoms with van der Waals surface area (Å²) in [6, 6.07) is 8.53. The Morgan fingerprint density at radius 3 is 2.83 bits per heavy atom. The molecule has 0 heterocycles. The van der Waals surface area contributed by atoms with E-state index in [4.69, 9.17) is 10.4 Å². The fraction of sp³-hybridized carbons (Fsp3) is 0.250. The van der Waals surface area contributed by atoms with Crippen LogP contribution in [0.15, 0.2) is 24.3 Å². The van der Waals surface area contributed by atoms with Crippen LogP contribution >= 0.6 is 0 Å². The number of carbonyl (C=O) groups is 2. The van der Waals surface area contributed by atoms with E-state index < -0.39 is 5.97 Å². The molecule has 0 fully saturated rings. The Bertz CT molecular complexity index is 480. The van der Waals surface area contributed by atoms with Gasteiger partial charge in [-0.2, -0.15) is 5.26 Å². The Hall–Kier alpha value is -2.39. The lowest BCUT2D eigenvalue weighted by atomic mass is 10.2. The number of carboxylic acid groups (broad SMARTS) is 1. The summed E-state index contributed by atoms with van der Waals surface area (Å²) >= 11 is 0. The summed E-state index contributed by atoms with van der Waals surface area (Å²) in [5, 5.41) is 22.4. The Balaban J connectivity index is 2.35. The van der Waals surface area contributed by atoms with Crippen molar-refractivity contribution >= 4 is 17.6 Å². The molecule has 18 heavy (non-hydrogen) atoms. The topological polar surface area (TPSA) is 102 Å². The normalized spacial score (nSPS) is 9.50. The number of nitrogens with zero attached hydrogens (tertiary/aromatic N) is 1. The second kappa shape index (κ2) is 7.04. The van der Waals surface area contributed by atoms with Crippen molar-refractivity contribution in [2.24, 2.45) is 0 Å². The summed E-state index contributed by atoms with van der Waals surface area (Å²) in [4.78, 5) is 21.7. The zero-order valence-electron chi connectivity index (χ0n) is 9.64. The molecule has 0 aliphatic carbocycles. The highest BCUT2D eigenvalue weighted by atomic mass is 16.4. The Labute approximate surface area is 104 Å². The summed E-state index contributed by atoms with van der Waals surface area (Å²) in [6.07, 6.45) is -0.0306. The summed E-state index contributed by atoms with van der Waals surface area (Å²) < 4.78 is 0. The van der Waals surface area contributed by atoms with Crippen molar-refractivity contribution in [2.75, 3.05) is 18.4 Å². The van der Waals surface area contributed by atoms with Crippen LogP contribution in [0.1, 0.15) is 12.0 Å². The standard InChI is InChI=1S/C12H13N3O3/c13-7-9-2-1-3-10(6-9)15-11(16)8-14-5-4-12(17)18/h1-3,6,14H,4-5,8H2,(H,15,16)(H,17,18). The predicted octanol–water partition coefficient (Wildman–Crippen LogP) is 0.561. The second-order valence-corrected chi connectivity index (χ2v) is 3.56. The average molecular weight is 247 g/mol. The number of nitrogens with one attached hydrogen (secondary N) is 2. The van der Waals surface area contributed by atoms with Crippen molar-refractivity contribution in [3.63, 3.8) is 0 Å². The predicted molar refractivity (Wildman–Crippen MR) is 64.9 cm³/mol. The first kappa shape index (κ1) is 13.7. The molecule has 0 saturated carbocycles. The molecule has 0 bridgehead atoms. The summed E-state index contributed by atoms with van der Waals surface area (Å²) in [5.41, 5.74) is 1.01. The molecule has 0 saturated heterocycles. The molecule has 0 aromatic heterocycles. The fourth-order valence-corrected chi connectivity index (χ4v) is 1.27. The maximum absolute atomic E-state index is 11.5. The zero-order chi connectivity index (χ0) is 13.4. The third-order valence-corrected chi connectivity index (χ3v) is 2.08. The van der Waals surface area contributed by atoms with Crippen LogP contribution in [0, 0.1) is 11.3 Å². The van der Waals surface area contributed by atoms with Crippen molar-refractivity contribution in [1.29, 1.82) is 5.26 Å². The number of rotatable bonds is 6. The molecule has 1 amide bonds. The molecule has 0 atom stereocenters. The zero-order valence-corrected chi connectivity index (χ0v) is 9.64. The van der Waals surface area contributed by atoms with Crippen LogP contribution in [0.3, 0.4) is 0 Å². The van der Waals surface area contributed by atoms with E-state index in [-0.39, 0.29) is 25.4 Å². The van der Waals surface area contributed by atoms with Crippen LogP contribution in [-0.4, -0.2) is 30.1 Å². The van der Waals surface area contributed by atoms with Gasteiger partial charge in [0.2, 0.25) is 5.91 Å². The average Bonchev–Trinajstić information content (AvgIpc) is 2.34. The van der Waals surface area contributed by atoms with Gasteiger partial charge in [0.25, 0.3) is 0 Å². The minimum absolute atomic E-state index is 0.0306. The van der Waals surface area contributed by atoms with Crippen molar-refractivity contribution in [1.82, 2.24) is 5.32 Å². The van der Waals surface area contributed by atoms with Gasteiger partial charge in [-0.1, -0.05) is 6.07 Å². The first-order chi connectivity index (χ1) is 8.61. The van der Waals surface area contributed by atoms with E-state index in [9.17, 15) is 9.59 Å². The minimum atomic E-state index is -0.912. The van der Waals surface area contributed by atoms with Gasteiger partial charge in [-0.3, -0.25) is 9.59 Å². The molecule has 0 radical (unpaired) electrons. The molecule has 1 rings (SSSR count). The van der Waals surface area contributed by atoms with E-state index in [2.05, 4.69) is 10.6 Å². The minimum Gasteiger partial charge on any atom is -0.481 e. The van der Waals surface area contributed by atoms with Gasteiger partial charge in [0, 0.05) is 12.2 Å². The first-order valence-corrected chi connectivity index (χ1v) is 5.34. The lowest BCUT2D eigenvalue weighted by molar-refractivity contribution is -0.137. The monoisotopic (exact) mass is 247 g/mol. The lowest BCUT2D eigenvalue weighted by Crippen LogP contribution is -2.29. The number of amides is 1. The number of hydrogen-bond acceptors (Lipinski definition) is 4. The van der Waals surface area contributed by atoms with Gasteiger partial charge >= 0.3 is 5.97 Å². The molecule has 6 nitrogen and oxygen atoms in total. The van der Waals surface area contributed by atoms with E-state index in [0.717, 1.165) is 0 Å². The van der Waals surface area contributed by atoms with Gasteiger partial charge in [0.05, 0.1) is 24.6 Å². The number of aliphatic carboxylic acids is 1. The largest absolute Gasteiger partial charge is 0.481 e. The Morgan fingerprint density at radius 1 is 1.39 bits per heavy atom. The molecule has 3 N–H and O–H groups in total. The van der Waals surface area contributed by atoms with Gasteiger partial charge in [-0.25, -0.2) is 0 Å². The molecule has 0 aliphatic heterocycles. The van der Waals surface area contributed by atoms with Gasteiger partial charge in [0.1, 0.15) is 0 Å². The summed E-state index contributed by atoms with van der Waals surface area (Å²) in [7, 11) is 0. The van der Waals surface area contributed by atoms with E-state index in [1.165, 1.54) is 0 Å². The molecule has 1 aromatic carbocycles. The van der Waals surface area contributed by atoms with Gasteiger partial charge in [0.15, 0.2) is 0 Å². The van der Waals surface area contributed by atoms with E-state index in [0.29, 0.717) is 11.3 Å². The van der Waals surface area contributed by atoms with Crippen molar-refractivity contribution in [3.8, 4) is 6.07 Å². The van der Waals surface area contributed by atoms with Gasteiger partial charge in [-0.15, -0.1) is 0 Å². The quantitative estimate of drug-likeness (QED) is 0.637. The van der Waals surface area contributed by atoms with Crippen LogP contribution in [0.2, 0.25) is 0 Å².